The molecule has 17 heavy (non-hydrogen) atoms. The molecular formula is C13H17NO3. The molecule has 1 heterocycles. The minimum atomic E-state index is -0.705. The molecule has 1 unspecified atom stereocenters. The van der Waals surface area contributed by atoms with Crippen LogP contribution in [-0.4, -0.2) is 29.3 Å². The van der Waals surface area contributed by atoms with E-state index in [0.29, 0.717) is 13.0 Å². The lowest BCUT2D eigenvalue weighted by atomic mass is 10.0. The van der Waals surface area contributed by atoms with Crippen LogP contribution in [0.3, 0.4) is 0 Å². The van der Waals surface area contributed by atoms with E-state index in [1.54, 1.807) is 12.1 Å². The first-order chi connectivity index (χ1) is 8.18. The monoisotopic (exact) mass is 235 g/mol. The maximum Gasteiger partial charge on any atom is 0.306 e. The van der Waals surface area contributed by atoms with E-state index in [-0.39, 0.29) is 11.7 Å². The molecule has 1 aromatic carbocycles. The number of para-hydroxylation sites is 2. The highest BCUT2D eigenvalue weighted by molar-refractivity contribution is 5.70. The van der Waals surface area contributed by atoms with E-state index in [2.05, 4.69) is 4.90 Å². The van der Waals surface area contributed by atoms with Gasteiger partial charge in [-0.1, -0.05) is 12.1 Å². The molecule has 1 aromatic rings. The van der Waals surface area contributed by atoms with E-state index in [9.17, 15) is 9.90 Å². The molecule has 0 amide bonds. The van der Waals surface area contributed by atoms with Crippen LogP contribution < -0.4 is 4.90 Å². The molecule has 0 spiro atoms. The van der Waals surface area contributed by atoms with Crippen molar-refractivity contribution in [1.29, 1.82) is 0 Å². The quantitative estimate of drug-likeness (QED) is 0.824. The van der Waals surface area contributed by atoms with Crippen molar-refractivity contribution >= 4 is 11.7 Å². The summed E-state index contributed by atoms with van der Waals surface area (Å²) in [7, 11) is 0. The zero-order chi connectivity index (χ0) is 12.3. The Bertz CT molecular complexity index is 405. The molecule has 1 aliphatic rings. The van der Waals surface area contributed by atoms with Crippen molar-refractivity contribution in [2.75, 3.05) is 18.0 Å². The smallest absolute Gasteiger partial charge is 0.306 e. The first-order valence-corrected chi connectivity index (χ1v) is 5.94. The van der Waals surface area contributed by atoms with Crippen LogP contribution in [-0.2, 0) is 4.79 Å². The summed E-state index contributed by atoms with van der Waals surface area (Å²) in [5.41, 5.74) is 0.804. The Morgan fingerprint density at radius 3 is 2.71 bits per heavy atom. The first kappa shape index (κ1) is 11.8. The Hall–Kier alpha value is -1.71. The van der Waals surface area contributed by atoms with Crippen LogP contribution in [0.1, 0.15) is 19.3 Å². The number of benzene rings is 1. The third kappa shape index (κ3) is 2.70. The number of phenols is 1. The van der Waals surface area contributed by atoms with Crippen LogP contribution in [0.5, 0.6) is 5.75 Å². The van der Waals surface area contributed by atoms with Crippen LogP contribution in [0.4, 0.5) is 5.69 Å². The lowest BCUT2D eigenvalue weighted by Gasteiger charge is -2.23. The van der Waals surface area contributed by atoms with Crippen LogP contribution >= 0.6 is 0 Å². The van der Waals surface area contributed by atoms with Crippen molar-refractivity contribution in [3.8, 4) is 5.75 Å². The van der Waals surface area contributed by atoms with Gasteiger partial charge in [0, 0.05) is 13.1 Å². The fourth-order valence-corrected chi connectivity index (χ4v) is 2.32. The molecule has 1 aliphatic heterocycles. The summed E-state index contributed by atoms with van der Waals surface area (Å²) in [5.74, 6) is -0.684. The highest BCUT2D eigenvalue weighted by Gasteiger charge is 2.23. The lowest BCUT2D eigenvalue weighted by molar-refractivity contribution is -0.142. The van der Waals surface area contributed by atoms with Gasteiger partial charge in [-0.15, -0.1) is 0 Å². The van der Waals surface area contributed by atoms with Gasteiger partial charge in [0.1, 0.15) is 5.75 Å². The van der Waals surface area contributed by atoms with Gasteiger partial charge >= 0.3 is 5.97 Å². The Morgan fingerprint density at radius 1 is 1.24 bits per heavy atom. The van der Waals surface area contributed by atoms with Crippen molar-refractivity contribution in [2.45, 2.75) is 19.3 Å². The molecule has 92 valence electrons. The Kier molecular flexibility index (Phi) is 3.52. The van der Waals surface area contributed by atoms with Gasteiger partial charge in [0.2, 0.25) is 0 Å². The fourth-order valence-electron chi connectivity index (χ4n) is 2.32. The molecule has 1 atom stereocenters. The second-order valence-electron chi connectivity index (χ2n) is 4.44. The number of phenolic OH excluding ortho intramolecular Hbond substituents is 1. The van der Waals surface area contributed by atoms with Crippen molar-refractivity contribution in [1.82, 2.24) is 0 Å². The van der Waals surface area contributed by atoms with Gasteiger partial charge in [0.25, 0.3) is 0 Å². The summed E-state index contributed by atoms with van der Waals surface area (Å²) >= 11 is 0. The number of aromatic hydroxyl groups is 1. The second kappa shape index (κ2) is 5.08. The van der Waals surface area contributed by atoms with E-state index < -0.39 is 5.97 Å². The summed E-state index contributed by atoms with van der Waals surface area (Å²) in [6.45, 7) is 1.50. The van der Waals surface area contributed by atoms with Crippen molar-refractivity contribution in [3.63, 3.8) is 0 Å². The molecule has 1 saturated heterocycles. The standard InChI is InChI=1S/C13H17NO3/c15-12-6-2-1-5-11(12)14-8-3-4-10(7-9-14)13(16)17/h1-2,5-6,10,15H,3-4,7-9H2,(H,16,17). The van der Waals surface area contributed by atoms with Gasteiger partial charge in [0.15, 0.2) is 0 Å². The Balaban J connectivity index is 2.09. The van der Waals surface area contributed by atoms with E-state index in [1.165, 1.54) is 0 Å². The molecule has 1 fully saturated rings. The Labute approximate surface area is 100 Å². The van der Waals surface area contributed by atoms with Gasteiger partial charge < -0.3 is 15.1 Å². The maximum atomic E-state index is 10.9. The summed E-state index contributed by atoms with van der Waals surface area (Å²) in [5, 5.41) is 18.8. The highest BCUT2D eigenvalue weighted by Crippen LogP contribution is 2.29. The highest BCUT2D eigenvalue weighted by atomic mass is 16.4. The predicted octanol–water partition coefficient (Wildman–Crippen LogP) is 2.08. The zero-order valence-electron chi connectivity index (χ0n) is 9.67. The van der Waals surface area contributed by atoms with Crippen LogP contribution in [0.25, 0.3) is 0 Å². The molecule has 4 nitrogen and oxygen atoms in total. The fraction of sp³-hybridized carbons (Fsp3) is 0.462. The van der Waals surface area contributed by atoms with Gasteiger partial charge in [0.05, 0.1) is 11.6 Å². The van der Waals surface area contributed by atoms with E-state index in [0.717, 1.165) is 25.1 Å². The lowest BCUT2D eigenvalue weighted by Crippen LogP contribution is -2.24. The molecule has 0 aliphatic carbocycles. The van der Waals surface area contributed by atoms with E-state index in [1.807, 2.05) is 12.1 Å². The second-order valence-corrected chi connectivity index (χ2v) is 4.44. The number of hydrogen-bond donors (Lipinski definition) is 2. The molecule has 0 aromatic heterocycles. The normalized spacial score (nSPS) is 20.9. The molecule has 0 radical (unpaired) electrons. The van der Waals surface area contributed by atoms with Gasteiger partial charge in [-0.05, 0) is 31.4 Å². The van der Waals surface area contributed by atoms with Gasteiger partial charge in [-0.2, -0.15) is 0 Å². The SMILES string of the molecule is O=C(O)C1CCCN(c2ccccc2O)CC1. The largest absolute Gasteiger partial charge is 0.506 e. The number of aliphatic carboxylic acids is 1. The van der Waals surface area contributed by atoms with E-state index >= 15 is 0 Å². The van der Waals surface area contributed by atoms with Crippen molar-refractivity contribution < 1.29 is 15.0 Å². The molecule has 4 heteroatoms. The minimum absolute atomic E-state index is 0.245. The molecule has 2 rings (SSSR count). The molecular weight excluding hydrogens is 218 g/mol. The zero-order valence-corrected chi connectivity index (χ0v) is 9.67. The first-order valence-electron chi connectivity index (χ1n) is 5.94. The topological polar surface area (TPSA) is 60.8 Å². The van der Waals surface area contributed by atoms with Crippen molar-refractivity contribution in [2.24, 2.45) is 5.92 Å². The average molecular weight is 235 g/mol. The van der Waals surface area contributed by atoms with E-state index in [4.69, 9.17) is 5.11 Å². The summed E-state index contributed by atoms with van der Waals surface area (Å²) < 4.78 is 0. The van der Waals surface area contributed by atoms with Crippen LogP contribution in [0, 0.1) is 5.92 Å². The predicted molar refractivity (Wildman–Crippen MR) is 65.3 cm³/mol. The molecule has 0 saturated carbocycles. The van der Waals surface area contributed by atoms with Crippen molar-refractivity contribution in [3.05, 3.63) is 24.3 Å². The van der Waals surface area contributed by atoms with Crippen LogP contribution in [0.15, 0.2) is 24.3 Å². The number of carboxylic acids is 1. The van der Waals surface area contributed by atoms with Gasteiger partial charge in [-0.3, -0.25) is 4.79 Å². The number of carboxylic acid groups (broad SMARTS) is 1. The van der Waals surface area contributed by atoms with Gasteiger partial charge in [-0.25, -0.2) is 0 Å². The summed E-state index contributed by atoms with van der Waals surface area (Å²) in [6.07, 6.45) is 2.22. The number of rotatable bonds is 2. The Morgan fingerprint density at radius 2 is 2.00 bits per heavy atom. The summed E-state index contributed by atoms with van der Waals surface area (Å²) in [6, 6.07) is 7.21. The van der Waals surface area contributed by atoms with Crippen LogP contribution in [0.2, 0.25) is 0 Å². The number of anilines is 1. The number of nitrogens with zero attached hydrogens (tertiary/aromatic N) is 1. The molecule has 2 N–H and O–H groups in total. The minimum Gasteiger partial charge on any atom is -0.506 e. The molecule has 0 bridgehead atoms. The number of carbonyl (C=O) groups is 1. The summed E-state index contributed by atoms with van der Waals surface area (Å²) in [4.78, 5) is 13.0. The third-order valence-corrected chi connectivity index (χ3v) is 3.30. The third-order valence-electron chi connectivity index (χ3n) is 3.30. The maximum absolute atomic E-state index is 10.9. The average Bonchev–Trinajstić information content (AvgIpc) is 2.55. The number of hydrogen-bond acceptors (Lipinski definition) is 3.